The van der Waals surface area contributed by atoms with Crippen LogP contribution in [-0.4, -0.2) is 17.8 Å². The average molecular weight is 479 g/mol. The molecule has 1 N–H and O–H groups in total. The van der Waals surface area contributed by atoms with Crippen LogP contribution in [0.2, 0.25) is 0 Å². The third-order valence-electron chi connectivity index (χ3n) is 4.81. The minimum Gasteiger partial charge on any atom is -0.273 e. The van der Waals surface area contributed by atoms with Gasteiger partial charge in [-0.15, -0.1) is 0 Å². The molecule has 4 rings (SSSR count). The molecule has 31 heavy (non-hydrogen) atoms. The van der Waals surface area contributed by atoms with E-state index in [1.54, 1.807) is 48.5 Å². The fourth-order valence-corrected chi connectivity index (χ4v) is 3.73. The fraction of sp³-hybridized carbons (Fsp3) is 0.0417. The van der Waals surface area contributed by atoms with Crippen molar-refractivity contribution < 1.29 is 18.8 Å². The predicted molar refractivity (Wildman–Crippen MR) is 119 cm³/mol. The molecule has 0 unspecified atom stereocenters. The molecule has 0 spiro atoms. The molecule has 154 valence electrons. The summed E-state index contributed by atoms with van der Waals surface area (Å²) < 4.78 is 14.3. The lowest BCUT2D eigenvalue weighted by Gasteiger charge is -2.26. The highest BCUT2D eigenvalue weighted by Crippen LogP contribution is 2.25. The number of rotatable bonds is 4. The summed E-state index contributed by atoms with van der Waals surface area (Å²) in [4.78, 5) is 38.8. The number of hydrogen-bond acceptors (Lipinski definition) is 3. The Morgan fingerprint density at radius 2 is 1.71 bits per heavy atom. The smallest absolute Gasteiger partial charge is 0.273 e. The van der Waals surface area contributed by atoms with E-state index in [2.05, 4.69) is 21.2 Å². The van der Waals surface area contributed by atoms with E-state index >= 15 is 0 Å². The number of benzene rings is 3. The third-order valence-corrected chi connectivity index (χ3v) is 5.30. The maximum atomic E-state index is 13.6. The normalized spacial score (nSPS) is 15.4. The largest absolute Gasteiger partial charge is 0.335 e. The molecule has 3 aromatic rings. The van der Waals surface area contributed by atoms with Crippen molar-refractivity contribution in [1.82, 2.24) is 5.32 Å². The van der Waals surface area contributed by atoms with Gasteiger partial charge in [-0.25, -0.2) is 14.1 Å². The molecule has 0 saturated carbocycles. The van der Waals surface area contributed by atoms with Gasteiger partial charge >= 0.3 is 6.03 Å². The number of anilines is 1. The van der Waals surface area contributed by atoms with E-state index < -0.39 is 17.8 Å². The molecular formula is C24H16BrFN2O3. The predicted octanol–water partition coefficient (Wildman–Crippen LogP) is 4.85. The molecule has 0 bridgehead atoms. The molecule has 0 atom stereocenters. The van der Waals surface area contributed by atoms with Crippen molar-refractivity contribution >= 4 is 45.5 Å². The van der Waals surface area contributed by atoms with E-state index in [1.807, 2.05) is 12.1 Å². The highest BCUT2D eigenvalue weighted by molar-refractivity contribution is 9.10. The summed E-state index contributed by atoms with van der Waals surface area (Å²) in [6.07, 6.45) is 1.86. The minimum absolute atomic E-state index is 0.165. The lowest BCUT2D eigenvalue weighted by atomic mass is 9.97. The summed E-state index contributed by atoms with van der Waals surface area (Å²) in [7, 11) is 0. The summed E-state index contributed by atoms with van der Waals surface area (Å²) in [5.41, 5.74) is 2.35. The number of nitrogens with one attached hydrogen (secondary N) is 1. The van der Waals surface area contributed by atoms with Crippen molar-refractivity contribution in [2.75, 3.05) is 4.90 Å². The van der Waals surface area contributed by atoms with Crippen LogP contribution in [0.5, 0.6) is 0 Å². The van der Waals surface area contributed by atoms with Crippen molar-refractivity contribution in [3.05, 3.63) is 105 Å². The van der Waals surface area contributed by atoms with Crippen LogP contribution in [0.25, 0.3) is 6.08 Å². The van der Waals surface area contributed by atoms with Crippen molar-refractivity contribution in [3.63, 3.8) is 0 Å². The zero-order valence-corrected chi connectivity index (χ0v) is 17.7. The molecule has 1 fully saturated rings. The second-order valence-corrected chi connectivity index (χ2v) is 7.86. The van der Waals surface area contributed by atoms with Gasteiger partial charge in [-0.2, -0.15) is 0 Å². The maximum Gasteiger partial charge on any atom is 0.335 e. The lowest BCUT2D eigenvalue weighted by Crippen LogP contribution is -2.54. The zero-order chi connectivity index (χ0) is 22.0. The van der Waals surface area contributed by atoms with Crippen LogP contribution in [0.4, 0.5) is 14.9 Å². The average Bonchev–Trinajstić information content (AvgIpc) is 2.73. The Morgan fingerprint density at radius 3 is 2.45 bits per heavy atom. The number of carbonyl (C=O) groups is 3. The summed E-state index contributed by atoms with van der Waals surface area (Å²) in [6, 6.07) is 19.3. The van der Waals surface area contributed by atoms with Crippen LogP contribution in [0, 0.1) is 5.82 Å². The number of urea groups is 1. The number of amides is 4. The van der Waals surface area contributed by atoms with Gasteiger partial charge in [0.1, 0.15) is 11.4 Å². The van der Waals surface area contributed by atoms with E-state index in [-0.39, 0.29) is 11.4 Å². The Balaban J connectivity index is 1.74. The first-order chi connectivity index (χ1) is 14.9. The first-order valence-corrected chi connectivity index (χ1v) is 10.2. The number of imide groups is 2. The van der Waals surface area contributed by atoms with Gasteiger partial charge in [-0.05, 0) is 65.6 Å². The molecular weight excluding hydrogens is 463 g/mol. The molecule has 4 amide bonds. The highest BCUT2D eigenvalue weighted by Gasteiger charge is 2.36. The van der Waals surface area contributed by atoms with E-state index in [9.17, 15) is 18.8 Å². The molecule has 1 saturated heterocycles. The van der Waals surface area contributed by atoms with Gasteiger partial charge in [0.15, 0.2) is 0 Å². The second kappa shape index (κ2) is 8.65. The van der Waals surface area contributed by atoms with Crippen molar-refractivity contribution in [2.45, 2.75) is 6.42 Å². The molecule has 1 aliphatic rings. The van der Waals surface area contributed by atoms with Crippen molar-refractivity contribution in [1.29, 1.82) is 0 Å². The highest BCUT2D eigenvalue weighted by atomic mass is 79.9. The maximum absolute atomic E-state index is 13.6. The van der Waals surface area contributed by atoms with E-state index in [1.165, 1.54) is 18.2 Å². The zero-order valence-electron chi connectivity index (χ0n) is 16.1. The number of nitrogens with zero attached hydrogens (tertiary/aromatic N) is 1. The Bertz CT molecular complexity index is 1220. The number of hydrogen-bond donors (Lipinski definition) is 1. The van der Waals surface area contributed by atoms with Gasteiger partial charge in [0.25, 0.3) is 11.8 Å². The summed E-state index contributed by atoms with van der Waals surface area (Å²) in [6.45, 7) is 0. The summed E-state index contributed by atoms with van der Waals surface area (Å²) in [5, 5.41) is 2.22. The Hall–Kier alpha value is -3.58. The van der Waals surface area contributed by atoms with E-state index in [0.29, 0.717) is 17.7 Å². The molecule has 1 heterocycles. The van der Waals surface area contributed by atoms with Gasteiger partial charge in [-0.3, -0.25) is 14.9 Å². The molecule has 0 radical (unpaired) electrons. The fourth-order valence-electron chi connectivity index (χ4n) is 3.35. The first-order valence-electron chi connectivity index (χ1n) is 9.42. The molecule has 1 aliphatic heterocycles. The minimum atomic E-state index is -0.799. The van der Waals surface area contributed by atoms with Crippen molar-refractivity contribution in [2.24, 2.45) is 0 Å². The topological polar surface area (TPSA) is 66.5 Å². The quantitative estimate of drug-likeness (QED) is 0.430. The summed E-state index contributed by atoms with van der Waals surface area (Å²) in [5.74, 6) is -1.82. The van der Waals surface area contributed by atoms with Crippen LogP contribution < -0.4 is 10.2 Å². The number of halogens is 2. The molecule has 5 nitrogen and oxygen atoms in total. The number of barbiturate groups is 1. The number of para-hydroxylation sites is 1. The molecule has 7 heteroatoms. The standard InChI is InChI=1S/C24H16BrFN2O3/c25-18-10-9-16(11-15-5-4-6-19(26)12-15)17(13-18)14-21-22(29)27-24(31)28(23(21)30)20-7-2-1-3-8-20/h1-10,12-14H,11H2,(H,27,29,31)/b21-14+. The van der Waals surface area contributed by atoms with Crippen LogP contribution in [-0.2, 0) is 16.0 Å². The monoisotopic (exact) mass is 478 g/mol. The van der Waals surface area contributed by atoms with Gasteiger partial charge in [0, 0.05) is 4.47 Å². The number of carbonyl (C=O) groups excluding carboxylic acids is 3. The van der Waals surface area contributed by atoms with Crippen LogP contribution in [0.1, 0.15) is 16.7 Å². The van der Waals surface area contributed by atoms with Crippen LogP contribution >= 0.6 is 15.9 Å². The van der Waals surface area contributed by atoms with Gasteiger partial charge in [0.05, 0.1) is 5.69 Å². The van der Waals surface area contributed by atoms with Crippen LogP contribution in [0.3, 0.4) is 0 Å². The second-order valence-electron chi connectivity index (χ2n) is 6.94. The summed E-state index contributed by atoms with van der Waals surface area (Å²) >= 11 is 3.41. The van der Waals surface area contributed by atoms with Crippen molar-refractivity contribution in [3.8, 4) is 0 Å². The molecule has 3 aromatic carbocycles. The Kier molecular flexibility index (Phi) is 5.77. The molecule has 0 aliphatic carbocycles. The first kappa shape index (κ1) is 20.7. The van der Waals surface area contributed by atoms with Gasteiger partial charge in [-0.1, -0.05) is 52.3 Å². The lowest BCUT2D eigenvalue weighted by molar-refractivity contribution is -0.122. The Morgan fingerprint density at radius 1 is 0.935 bits per heavy atom. The SMILES string of the molecule is O=C1NC(=O)N(c2ccccc2)C(=O)/C1=C/c1cc(Br)ccc1Cc1cccc(F)c1. The Labute approximate surface area is 186 Å². The third kappa shape index (κ3) is 4.46. The van der Waals surface area contributed by atoms with E-state index in [0.717, 1.165) is 20.5 Å². The molecule has 0 aromatic heterocycles. The van der Waals surface area contributed by atoms with Gasteiger partial charge in [0.2, 0.25) is 0 Å². The van der Waals surface area contributed by atoms with Crippen LogP contribution in [0.15, 0.2) is 82.8 Å². The van der Waals surface area contributed by atoms with E-state index in [4.69, 9.17) is 0 Å². The van der Waals surface area contributed by atoms with Gasteiger partial charge < -0.3 is 0 Å².